The highest BCUT2D eigenvalue weighted by molar-refractivity contribution is 5.93. The van der Waals surface area contributed by atoms with Gasteiger partial charge in [-0.1, -0.05) is 61.1 Å². The average molecular weight is 632 g/mol. The van der Waals surface area contributed by atoms with Gasteiger partial charge in [0.25, 0.3) is 0 Å². The number of carboxylic acids is 1. The van der Waals surface area contributed by atoms with E-state index < -0.39 is 58.8 Å². The van der Waals surface area contributed by atoms with E-state index in [0.717, 1.165) is 27.8 Å². The van der Waals surface area contributed by atoms with Gasteiger partial charge >= 0.3 is 18.1 Å². The minimum Gasteiger partial charge on any atom is -0.481 e. The number of benzene rings is 1. The fourth-order valence-corrected chi connectivity index (χ4v) is 9.12. The minimum absolute atomic E-state index is 0.0315. The Morgan fingerprint density at radius 3 is 2.40 bits per heavy atom. The first-order chi connectivity index (χ1) is 21.0. The molecule has 242 valence electrons. The van der Waals surface area contributed by atoms with Gasteiger partial charge in [-0.2, -0.15) is 22.0 Å². The summed E-state index contributed by atoms with van der Waals surface area (Å²) in [6.07, 6.45) is 3.92. The summed E-state index contributed by atoms with van der Waals surface area (Å²) in [5.74, 6) is -8.33. The molecular weight excluding hydrogens is 593 g/mol. The fraction of sp³-hybridized carbons (Fsp3) is 0.543. The van der Waals surface area contributed by atoms with Gasteiger partial charge in [0, 0.05) is 24.3 Å². The molecule has 10 heteroatoms. The average Bonchev–Trinajstić information content (AvgIpc) is 3.26. The van der Waals surface area contributed by atoms with Crippen molar-refractivity contribution in [1.82, 2.24) is 5.32 Å². The molecule has 45 heavy (non-hydrogen) atoms. The van der Waals surface area contributed by atoms with E-state index in [0.29, 0.717) is 32.2 Å². The third-order valence-electron chi connectivity index (χ3n) is 11.6. The summed E-state index contributed by atoms with van der Waals surface area (Å²) >= 11 is 0. The van der Waals surface area contributed by atoms with Crippen molar-refractivity contribution < 1.29 is 41.8 Å². The number of alkyl halides is 5. The molecule has 0 amide bonds. The van der Waals surface area contributed by atoms with Gasteiger partial charge in [0.2, 0.25) is 0 Å². The first kappa shape index (κ1) is 31.9. The number of hydrogen-bond acceptors (Lipinski definition) is 4. The van der Waals surface area contributed by atoms with Crippen LogP contribution in [0.4, 0.5) is 22.0 Å². The molecule has 0 aromatic heterocycles. The van der Waals surface area contributed by atoms with Crippen molar-refractivity contribution >= 4 is 11.8 Å². The maximum Gasteiger partial charge on any atom is 0.456 e. The van der Waals surface area contributed by atoms with Gasteiger partial charge in [0.05, 0.1) is 11.5 Å². The Labute approximate surface area is 259 Å². The van der Waals surface area contributed by atoms with E-state index in [9.17, 15) is 33.0 Å². The number of carbonyl (C=O) groups excluding carboxylic acids is 1. The molecule has 7 atom stereocenters. The molecule has 2 unspecified atom stereocenters. The van der Waals surface area contributed by atoms with Crippen molar-refractivity contribution in [1.29, 1.82) is 0 Å². The maximum absolute atomic E-state index is 15.2. The molecule has 0 bridgehead atoms. The summed E-state index contributed by atoms with van der Waals surface area (Å²) in [7, 11) is 0. The van der Waals surface area contributed by atoms with Gasteiger partial charge in [0.15, 0.2) is 5.78 Å². The van der Waals surface area contributed by atoms with E-state index in [1.54, 1.807) is 37.3 Å². The number of carbonyl (C=O) groups is 2. The van der Waals surface area contributed by atoms with Gasteiger partial charge in [-0.3, -0.25) is 9.59 Å². The lowest BCUT2D eigenvalue weighted by Crippen LogP contribution is -2.65. The van der Waals surface area contributed by atoms with E-state index >= 15 is 8.78 Å². The van der Waals surface area contributed by atoms with Gasteiger partial charge in [0.1, 0.15) is 5.60 Å². The van der Waals surface area contributed by atoms with Crippen molar-refractivity contribution in [3.8, 4) is 0 Å². The molecule has 0 heterocycles. The third-order valence-corrected chi connectivity index (χ3v) is 11.6. The van der Waals surface area contributed by atoms with Crippen LogP contribution in [0, 0.1) is 23.2 Å². The van der Waals surface area contributed by atoms with Gasteiger partial charge < -0.3 is 15.5 Å². The summed E-state index contributed by atoms with van der Waals surface area (Å²) in [6, 6.07) is 7.41. The predicted molar refractivity (Wildman–Crippen MR) is 157 cm³/mol. The summed E-state index contributed by atoms with van der Waals surface area (Å²) < 4.78 is 71.9. The zero-order valence-corrected chi connectivity index (χ0v) is 25.3. The lowest BCUT2D eigenvalue weighted by molar-refractivity contribution is -0.362. The topological polar surface area (TPSA) is 86.6 Å². The highest BCUT2D eigenvalue weighted by Crippen LogP contribution is 2.70. The monoisotopic (exact) mass is 631 g/mol. The van der Waals surface area contributed by atoms with Crippen LogP contribution in [0.5, 0.6) is 0 Å². The van der Waals surface area contributed by atoms with E-state index in [1.165, 1.54) is 6.92 Å². The molecule has 2 fully saturated rings. The second-order valence-electron chi connectivity index (χ2n) is 13.9. The maximum atomic E-state index is 15.2. The van der Waals surface area contributed by atoms with Crippen LogP contribution in [0.1, 0.15) is 75.8 Å². The number of halogens is 5. The number of aliphatic hydroxyl groups is 1. The van der Waals surface area contributed by atoms with Gasteiger partial charge in [-0.25, -0.2) is 0 Å². The number of allylic oxidation sites excluding steroid dienone is 6. The van der Waals surface area contributed by atoms with Crippen molar-refractivity contribution in [2.45, 2.75) is 94.5 Å². The minimum atomic E-state index is -5.89. The fourth-order valence-electron chi connectivity index (χ4n) is 9.12. The zero-order valence-electron chi connectivity index (χ0n) is 25.3. The molecule has 1 aromatic carbocycles. The van der Waals surface area contributed by atoms with Crippen LogP contribution in [-0.2, 0) is 16.1 Å². The number of nitrogens with one attached hydrogen (secondary N) is 1. The van der Waals surface area contributed by atoms with Crippen LogP contribution < -0.4 is 5.32 Å². The molecule has 5 aliphatic rings. The number of fused-ring (bicyclic) bond motifs is 4. The Kier molecular flexibility index (Phi) is 7.59. The molecular formula is C35H38F5NO4. The lowest BCUT2D eigenvalue weighted by Gasteiger charge is -2.56. The lowest BCUT2D eigenvalue weighted by atomic mass is 9.50. The SMILES string of the molecule is CC1(NCc2ccc([C@H]3C[C@@]4(C)[C@@H](CC[C@@]4(O)C(F)(F)C(F)(F)F)[C@@H]4CCC5=CC(=O)CCC5=C43)cc2)C=CC=CC1C(=O)O. The van der Waals surface area contributed by atoms with E-state index in [-0.39, 0.29) is 24.5 Å². The molecule has 0 radical (unpaired) electrons. The Bertz CT molecular complexity index is 1520. The Hall–Kier alpha value is -3.11. The van der Waals surface area contributed by atoms with E-state index in [2.05, 4.69) is 5.32 Å². The van der Waals surface area contributed by atoms with Crippen LogP contribution >= 0.6 is 0 Å². The molecule has 2 saturated carbocycles. The second kappa shape index (κ2) is 10.7. The molecule has 6 rings (SSSR count). The quantitative estimate of drug-likeness (QED) is 0.290. The number of ketones is 1. The Morgan fingerprint density at radius 2 is 1.73 bits per heavy atom. The van der Waals surface area contributed by atoms with Crippen LogP contribution in [-0.4, -0.2) is 45.2 Å². The highest BCUT2D eigenvalue weighted by Gasteiger charge is 2.79. The first-order valence-corrected chi connectivity index (χ1v) is 15.6. The third kappa shape index (κ3) is 4.85. The normalized spacial score (nSPS) is 36.4. The van der Waals surface area contributed by atoms with Crippen molar-refractivity contribution in [2.24, 2.45) is 23.2 Å². The molecule has 3 N–H and O–H groups in total. The van der Waals surface area contributed by atoms with Crippen LogP contribution in [0.2, 0.25) is 0 Å². The van der Waals surface area contributed by atoms with Crippen LogP contribution in [0.15, 0.2) is 71.4 Å². The summed E-state index contributed by atoms with van der Waals surface area (Å²) in [4.78, 5) is 24.1. The van der Waals surface area contributed by atoms with E-state index in [4.69, 9.17) is 0 Å². The number of carboxylic acid groups (broad SMARTS) is 1. The molecule has 5 nitrogen and oxygen atoms in total. The van der Waals surface area contributed by atoms with E-state index in [1.807, 2.05) is 24.3 Å². The van der Waals surface area contributed by atoms with Gasteiger partial charge in [-0.05, 0) is 85.6 Å². The number of aliphatic carboxylic acids is 1. The van der Waals surface area contributed by atoms with Crippen molar-refractivity contribution in [3.63, 3.8) is 0 Å². The Morgan fingerprint density at radius 1 is 1.02 bits per heavy atom. The van der Waals surface area contributed by atoms with Crippen LogP contribution in [0.3, 0.4) is 0 Å². The summed E-state index contributed by atoms with van der Waals surface area (Å²) in [5.41, 5.74) is -1.23. The Balaban J connectivity index is 1.37. The van der Waals surface area contributed by atoms with Crippen molar-refractivity contribution in [3.05, 3.63) is 82.5 Å². The highest BCUT2D eigenvalue weighted by atomic mass is 19.4. The predicted octanol–water partition coefficient (Wildman–Crippen LogP) is 7.19. The van der Waals surface area contributed by atoms with Crippen molar-refractivity contribution in [2.75, 3.05) is 0 Å². The summed E-state index contributed by atoms with van der Waals surface area (Å²) in [5, 5.41) is 24.5. The van der Waals surface area contributed by atoms with Crippen LogP contribution in [0.25, 0.3) is 0 Å². The molecule has 0 aliphatic heterocycles. The zero-order chi connectivity index (χ0) is 32.6. The molecule has 0 saturated heterocycles. The largest absolute Gasteiger partial charge is 0.481 e. The smallest absolute Gasteiger partial charge is 0.456 e. The van der Waals surface area contributed by atoms with Gasteiger partial charge in [-0.15, -0.1) is 0 Å². The number of rotatable bonds is 6. The second-order valence-corrected chi connectivity index (χ2v) is 13.9. The summed E-state index contributed by atoms with van der Waals surface area (Å²) in [6.45, 7) is 3.56. The first-order valence-electron chi connectivity index (χ1n) is 15.6. The molecule has 5 aliphatic carbocycles. The standard InChI is InChI=1S/C35H38F5NO4/c1-31-18-26(21-8-6-20(7-9-21)19-41-32(2)15-4-3-5-28(32)30(43)44)29-24-13-11-23(42)17-22(24)10-12-25(29)27(31)14-16-33(31,45)34(36,37)35(38,39)40/h3-9,15,17,25-28,41,45H,10-14,16,18-19H2,1-2H3,(H,43,44)/t25-,26+,27-,28?,31-,32?,33-/m0/s1. The number of hydrogen-bond donors (Lipinski definition) is 3. The molecule has 1 aromatic rings. The molecule has 0 spiro atoms.